The molecule has 3 rings (SSSR count). The zero-order chi connectivity index (χ0) is 17.6. The summed E-state index contributed by atoms with van der Waals surface area (Å²) >= 11 is 1.40. The van der Waals surface area contributed by atoms with Gasteiger partial charge in [0.05, 0.1) is 11.4 Å². The summed E-state index contributed by atoms with van der Waals surface area (Å²) in [6, 6.07) is 7.28. The lowest BCUT2D eigenvalue weighted by Crippen LogP contribution is -2.07. The molecular weight excluding hydrogens is 342 g/mol. The summed E-state index contributed by atoms with van der Waals surface area (Å²) in [5.41, 5.74) is 1.42. The summed E-state index contributed by atoms with van der Waals surface area (Å²) in [7, 11) is 0. The SMILES string of the molecule is CCCc1noc(CSc2nnnn2-c2cccc(NC(C)=O)c2)n1. The van der Waals surface area contributed by atoms with Crippen LogP contribution < -0.4 is 5.32 Å². The highest BCUT2D eigenvalue weighted by molar-refractivity contribution is 7.98. The molecule has 0 saturated carbocycles. The monoisotopic (exact) mass is 359 g/mol. The molecule has 0 aliphatic rings. The van der Waals surface area contributed by atoms with E-state index in [4.69, 9.17) is 4.52 Å². The van der Waals surface area contributed by atoms with Crippen LogP contribution in [0.4, 0.5) is 5.69 Å². The molecule has 2 heterocycles. The van der Waals surface area contributed by atoms with Gasteiger partial charge in [-0.2, -0.15) is 9.67 Å². The van der Waals surface area contributed by atoms with Gasteiger partial charge in [-0.3, -0.25) is 4.79 Å². The number of aryl methyl sites for hydroxylation is 1. The van der Waals surface area contributed by atoms with Crippen LogP contribution in [0, 0.1) is 0 Å². The number of tetrazole rings is 1. The molecule has 1 aromatic carbocycles. The van der Waals surface area contributed by atoms with E-state index in [-0.39, 0.29) is 5.91 Å². The highest BCUT2D eigenvalue weighted by atomic mass is 32.2. The summed E-state index contributed by atoms with van der Waals surface area (Å²) in [5, 5.41) is 19.0. The Morgan fingerprint density at radius 1 is 1.40 bits per heavy atom. The Balaban J connectivity index is 1.72. The standard InChI is InChI=1S/C15H17N7O2S/c1-3-5-13-17-14(24-19-13)9-25-15-18-20-21-22(15)12-7-4-6-11(8-12)16-10(2)23/h4,6-8H,3,5,9H2,1-2H3,(H,16,23). The van der Waals surface area contributed by atoms with Gasteiger partial charge in [0.15, 0.2) is 5.82 Å². The van der Waals surface area contributed by atoms with Crippen LogP contribution in [0.25, 0.3) is 5.69 Å². The quantitative estimate of drug-likeness (QED) is 0.639. The van der Waals surface area contributed by atoms with Crippen molar-refractivity contribution in [1.29, 1.82) is 0 Å². The van der Waals surface area contributed by atoms with Crippen LogP contribution in [0.5, 0.6) is 0 Å². The lowest BCUT2D eigenvalue weighted by atomic mass is 10.3. The number of hydrogen-bond donors (Lipinski definition) is 1. The van der Waals surface area contributed by atoms with E-state index in [1.165, 1.54) is 18.7 Å². The third kappa shape index (κ3) is 4.41. The summed E-state index contributed by atoms with van der Waals surface area (Å²) in [4.78, 5) is 15.5. The van der Waals surface area contributed by atoms with Crippen LogP contribution in [0.1, 0.15) is 32.0 Å². The zero-order valence-electron chi connectivity index (χ0n) is 13.8. The Labute approximate surface area is 148 Å². The van der Waals surface area contributed by atoms with E-state index in [2.05, 4.69) is 37.9 Å². The van der Waals surface area contributed by atoms with Crippen molar-refractivity contribution in [3.8, 4) is 5.69 Å². The molecule has 1 N–H and O–H groups in total. The van der Waals surface area contributed by atoms with Gasteiger partial charge in [-0.05, 0) is 35.0 Å². The van der Waals surface area contributed by atoms with Crippen LogP contribution in [-0.2, 0) is 17.0 Å². The number of rotatable bonds is 7. The molecule has 0 radical (unpaired) electrons. The molecule has 1 amide bonds. The number of carbonyl (C=O) groups is 1. The first-order valence-corrected chi connectivity index (χ1v) is 8.75. The van der Waals surface area contributed by atoms with Gasteiger partial charge in [0.2, 0.25) is 17.0 Å². The van der Waals surface area contributed by atoms with Gasteiger partial charge in [0.25, 0.3) is 0 Å². The number of amides is 1. The first-order chi connectivity index (χ1) is 12.2. The lowest BCUT2D eigenvalue weighted by Gasteiger charge is -2.06. The number of anilines is 1. The van der Waals surface area contributed by atoms with Crippen molar-refractivity contribution in [2.75, 3.05) is 5.32 Å². The topological polar surface area (TPSA) is 112 Å². The van der Waals surface area contributed by atoms with Crippen molar-refractivity contribution >= 4 is 23.4 Å². The number of nitrogens with one attached hydrogen (secondary N) is 1. The minimum absolute atomic E-state index is 0.136. The second kappa shape index (κ2) is 7.88. The van der Waals surface area contributed by atoms with Crippen molar-refractivity contribution < 1.29 is 9.32 Å². The molecule has 0 aliphatic heterocycles. The van der Waals surface area contributed by atoms with E-state index in [9.17, 15) is 4.79 Å². The van der Waals surface area contributed by atoms with Gasteiger partial charge in [0.1, 0.15) is 0 Å². The molecular formula is C15H17N7O2S. The molecule has 2 aromatic heterocycles. The molecule has 0 fully saturated rings. The predicted octanol–water partition coefficient (Wildman–Crippen LogP) is 2.25. The number of carbonyl (C=O) groups excluding carboxylic acids is 1. The minimum atomic E-state index is -0.136. The van der Waals surface area contributed by atoms with Crippen molar-refractivity contribution in [2.24, 2.45) is 0 Å². The maximum Gasteiger partial charge on any atom is 0.237 e. The highest BCUT2D eigenvalue weighted by Gasteiger charge is 2.13. The molecule has 25 heavy (non-hydrogen) atoms. The first-order valence-electron chi connectivity index (χ1n) is 7.76. The molecule has 3 aromatic rings. The number of hydrogen-bond acceptors (Lipinski definition) is 8. The van der Waals surface area contributed by atoms with E-state index in [1.54, 1.807) is 16.8 Å². The van der Waals surface area contributed by atoms with Gasteiger partial charge in [-0.1, -0.05) is 29.9 Å². The number of aromatic nitrogens is 6. The van der Waals surface area contributed by atoms with Gasteiger partial charge < -0.3 is 9.84 Å². The second-order valence-electron chi connectivity index (χ2n) is 5.25. The molecule has 0 spiro atoms. The summed E-state index contributed by atoms with van der Waals surface area (Å²) in [6.45, 7) is 3.52. The zero-order valence-corrected chi connectivity index (χ0v) is 14.7. The maximum atomic E-state index is 11.2. The number of thioether (sulfide) groups is 1. The highest BCUT2D eigenvalue weighted by Crippen LogP contribution is 2.23. The summed E-state index contributed by atoms with van der Waals surface area (Å²) in [6.07, 6.45) is 1.76. The molecule has 10 heteroatoms. The lowest BCUT2D eigenvalue weighted by molar-refractivity contribution is -0.114. The minimum Gasteiger partial charge on any atom is -0.338 e. The summed E-state index contributed by atoms with van der Waals surface area (Å²) < 4.78 is 6.81. The fourth-order valence-electron chi connectivity index (χ4n) is 2.15. The van der Waals surface area contributed by atoms with Gasteiger partial charge in [-0.25, -0.2) is 0 Å². The van der Waals surface area contributed by atoms with E-state index in [0.29, 0.717) is 28.3 Å². The van der Waals surface area contributed by atoms with Crippen molar-refractivity contribution in [1.82, 2.24) is 30.3 Å². The van der Waals surface area contributed by atoms with Crippen LogP contribution in [0.15, 0.2) is 33.9 Å². The summed E-state index contributed by atoms with van der Waals surface area (Å²) in [5.74, 6) is 1.58. The Hall–Kier alpha value is -2.75. The fourth-order valence-corrected chi connectivity index (χ4v) is 2.88. The van der Waals surface area contributed by atoms with Crippen LogP contribution in [0.2, 0.25) is 0 Å². The van der Waals surface area contributed by atoms with Gasteiger partial charge in [-0.15, -0.1) is 5.10 Å². The van der Waals surface area contributed by atoms with Crippen molar-refractivity contribution in [3.63, 3.8) is 0 Å². The van der Waals surface area contributed by atoms with Crippen LogP contribution in [-0.4, -0.2) is 36.3 Å². The van der Waals surface area contributed by atoms with Crippen LogP contribution >= 0.6 is 11.8 Å². The Morgan fingerprint density at radius 2 is 2.28 bits per heavy atom. The molecule has 0 saturated heterocycles. The molecule has 130 valence electrons. The normalized spacial score (nSPS) is 10.8. The van der Waals surface area contributed by atoms with E-state index in [1.807, 2.05) is 12.1 Å². The largest absolute Gasteiger partial charge is 0.338 e. The molecule has 9 nitrogen and oxygen atoms in total. The average Bonchev–Trinajstić information content (AvgIpc) is 3.22. The molecule has 0 unspecified atom stereocenters. The first kappa shape index (κ1) is 17.1. The number of nitrogens with zero attached hydrogens (tertiary/aromatic N) is 6. The predicted molar refractivity (Wildman–Crippen MR) is 91.3 cm³/mol. The third-order valence-corrected chi connectivity index (χ3v) is 4.06. The second-order valence-corrected chi connectivity index (χ2v) is 6.19. The molecule has 0 bridgehead atoms. The molecule has 0 aliphatic carbocycles. The third-order valence-electron chi connectivity index (χ3n) is 3.16. The van der Waals surface area contributed by atoms with Gasteiger partial charge >= 0.3 is 0 Å². The van der Waals surface area contributed by atoms with Crippen molar-refractivity contribution in [2.45, 2.75) is 37.6 Å². The fraction of sp³-hybridized carbons (Fsp3) is 0.333. The van der Waals surface area contributed by atoms with E-state index in [0.717, 1.165) is 18.5 Å². The smallest absolute Gasteiger partial charge is 0.237 e. The maximum absolute atomic E-state index is 11.2. The van der Waals surface area contributed by atoms with Crippen molar-refractivity contribution in [3.05, 3.63) is 36.0 Å². The Kier molecular flexibility index (Phi) is 5.39. The van der Waals surface area contributed by atoms with E-state index >= 15 is 0 Å². The van der Waals surface area contributed by atoms with Gasteiger partial charge in [0, 0.05) is 19.0 Å². The van der Waals surface area contributed by atoms with E-state index < -0.39 is 0 Å². The Morgan fingerprint density at radius 3 is 3.08 bits per heavy atom. The molecule has 0 atom stereocenters. The number of benzene rings is 1. The average molecular weight is 359 g/mol. The Bertz CT molecular complexity index is 861. The van der Waals surface area contributed by atoms with Crippen LogP contribution in [0.3, 0.4) is 0 Å².